The predicted octanol–water partition coefficient (Wildman–Crippen LogP) is 4.21. The van der Waals surface area contributed by atoms with Gasteiger partial charge < -0.3 is 5.11 Å². The molecule has 134 valence electrons. The van der Waals surface area contributed by atoms with Gasteiger partial charge in [-0.15, -0.1) is 0 Å². The number of hydrogen-bond acceptors (Lipinski definition) is 3. The molecule has 3 rings (SSSR count). The van der Waals surface area contributed by atoms with E-state index in [1.807, 2.05) is 41.1 Å². The maximum Gasteiger partial charge on any atom is 0.336 e. The Morgan fingerprint density at radius 1 is 1.08 bits per heavy atom. The third-order valence-electron chi connectivity index (χ3n) is 4.35. The fourth-order valence-corrected chi connectivity index (χ4v) is 3.05. The molecule has 0 aliphatic rings. The molecule has 1 N–H and O–H groups in total. The van der Waals surface area contributed by atoms with Crippen LogP contribution in [0.3, 0.4) is 0 Å². The molecule has 0 aliphatic carbocycles. The van der Waals surface area contributed by atoms with Crippen molar-refractivity contribution in [3.8, 4) is 11.1 Å². The van der Waals surface area contributed by atoms with Crippen LogP contribution in [0.1, 0.15) is 47.8 Å². The first kappa shape index (κ1) is 17.9. The summed E-state index contributed by atoms with van der Waals surface area (Å²) in [4.78, 5) is 16.1. The average molecular weight is 349 g/mol. The van der Waals surface area contributed by atoms with E-state index in [2.05, 4.69) is 23.9 Å². The summed E-state index contributed by atoms with van der Waals surface area (Å²) in [6, 6.07) is 15.1. The molecule has 0 radical (unpaired) electrons. The Morgan fingerprint density at radius 3 is 2.46 bits per heavy atom. The summed E-state index contributed by atoms with van der Waals surface area (Å²) in [5, 5.41) is 13.9. The van der Waals surface area contributed by atoms with Crippen molar-refractivity contribution in [2.75, 3.05) is 0 Å². The second-order valence-electron chi connectivity index (χ2n) is 6.23. The van der Waals surface area contributed by atoms with E-state index in [4.69, 9.17) is 0 Å². The Hall–Kier alpha value is -2.95. The third-order valence-corrected chi connectivity index (χ3v) is 4.35. The summed E-state index contributed by atoms with van der Waals surface area (Å²) < 4.78 is 1.96. The van der Waals surface area contributed by atoms with Crippen LogP contribution in [0, 0.1) is 0 Å². The number of carboxylic acid groups (broad SMARTS) is 1. The van der Waals surface area contributed by atoms with E-state index in [1.165, 1.54) is 0 Å². The Kier molecular flexibility index (Phi) is 5.46. The van der Waals surface area contributed by atoms with Gasteiger partial charge in [-0.25, -0.2) is 14.5 Å². The van der Waals surface area contributed by atoms with Crippen molar-refractivity contribution in [2.45, 2.75) is 39.7 Å². The van der Waals surface area contributed by atoms with Crippen LogP contribution >= 0.6 is 0 Å². The van der Waals surface area contributed by atoms with Crippen molar-refractivity contribution in [2.24, 2.45) is 0 Å². The van der Waals surface area contributed by atoms with Crippen LogP contribution in [0.4, 0.5) is 0 Å². The van der Waals surface area contributed by atoms with Gasteiger partial charge in [0.05, 0.1) is 5.56 Å². The quantitative estimate of drug-likeness (QED) is 0.694. The van der Waals surface area contributed by atoms with Gasteiger partial charge in [-0.2, -0.15) is 5.10 Å². The molecule has 0 spiro atoms. The maximum atomic E-state index is 11.4. The molecule has 5 heteroatoms. The van der Waals surface area contributed by atoms with Crippen molar-refractivity contribution in [3.05, 3.63) is 71.3 Å². The highest BCUT2D eigenvalue weighted by Crippen LogP contribution is 2.24. The summed E-state index contributed by atoms with van der Waals surface area (Å²) in [7, 11) is 0. The Balaban J connectivity index is 1.84. The average Bonchev–Trinajstić information content (AvgIpc) is 3.04. The van der Waals surface area contributed by atoms with Gasteiger partial charge in [-0.1, -0.05) is 49.4 Å². The van der Waals surface area contributed by atoms with Crippen molar-refractivity contribution in [3.63, 3.8) is 0 Å². The fraction of sp³-hybridized carbons (Fsp3) is 0.286. The van der Waals surface area contributed by atoms with E-state index < -0.39 is 5.97 Å². The van der Waals surface area contributed by atoms with Crippen LogP contribution in [0.15, 0.2) is 48.5 Å². The number of aromatic carboxylic acids is 1. The minimum absolute atomic E-state index is 0.315. The molecule has 0 aliphatic heterocycles. The van der Waals surface area contributed by atoms with Crippen molar-refractivity contribution >= 4 is 5.97 Å². The van der Waals surface area contributed by atoms with Gasteiger partial charge in [-0.05, 0) is 36.1 Å². The molecule has 5 nitrogen and oxygen atoms in total. The van der Waals surface area contributed by atoms with Crippen molar-refractivity contribution in [1.82, 2.24) is 14.8 Å². The molecule has 26 heavy (non-hydrogen) atoms. The first-order valence-corrected chi connectivity index (χ1v) is 8.96. The van der Waals surface area contributed by atoms with Crippen LogP contribution in [0.5, 0.6) is 0 Å². The van der Waals surface area contributed by atoms with Crippen LogP contribution in [-0.4, -0.2) is 25.8 Å². The smallest absolute Gasteiger partial charge is 0.336 e. The lowest BCUT2D eigenvalue weighted by Crippen LogP contribution is -2.04. The van der Waals surface area contributed by atoms with Gasteiger partial charge in [0.25, 0.3) is 0 Å². The maximum absolute atomic E-state index is 11.4. The molecular weight excluding hydrogens is 326 g/mol. The molecule has 3 aromatic rings. The topological polar surface area (TPSA) is 68.0 Å². The second-order valence-corrected chi connectivity index (χ2v) is 6.23. The first-order valence-electron chi connectivity index (χ1n) is 8.96. The number of hydrogen-bond donors (Lipinski definition) is 1. The van der Waals surface area contributed by atoms with Crippen LogP contribution in [0.25, 0.3) is 11.1 Å². The zero-order valence-corrected chi connectivity index (χ0v) is 15.1. The highest BCUT2D eigenvalue weighted by atomic mass is 16.4. The van der Waals surface area contributed by atoms with Gasteiger partial charge in [0, 0.05) is 19.4 Å². The molecule has 0 amide bonds. The van der Waals surface area contributed by atoms with E-state index in [9.17, 15) is 9.90 Å². The number of rotatable bonds is 7. The Morgan fingerprint density at radius 2 is 1.81 bits per heavy atom. The zero-order valence-electron chi connectivity index (χ0n) is 15.1. The normalized spacial score (nSPS) is 10.8. The van der Waals surface area contributed by atoms with Crippen LogP contribution in [-0.2, 0) is 19.4 Å². The molecule has 2 aromatic carbocycles. The van der Waals surface area contributed by atoms with E-state index in [1.54, 1.807) is 12.1 Å². The largest absolute Gasteiger partial charge is 0.478 e. The zero-order chi connectivity index (χ0) is 18.5. The summed E-state index contributed by atoms with van der Waals surface area (Å²) in [6.45, 7) is 5.00. The lowest BCUT2D eigenvalue weighted by atomic mass is 9.98. The van der Waals surface area contributed by atoms with E-state index in [0.717, 1.165) is 47.7 Å². The number of carbonyl (C=O) groups is 1. The van der Waals surface area contributed by atoms with Crippen molar-refractivity contribution < 1.29 is 9.90 Å². The molecule has 0 fully saturated rings. The number of nitrogens with zero attached hydrogens (tertiary/aromatic N) is 3. The molecule has 1 heterocycles. The summed E-state index contributed by atoms with van der Waals surface area (Å²) in [6.07, 6.45) is 2.64. The molecular formula is C21H23N3O2. The monoisotopic (exact) mass is 349 g/mol. The SMILES string of the molecule is CCCc1nc(Cc2ccc(-c3ccccc3C(=O)O)cc2)n(CC)n1. The lowest BCUT2D eigenvalue weighted by Gasteiger charge is -2.08. The van der Waals surface area contributed by atoms with Crippen LogP contribution < -0.4 is 0 Å². The standard InChI is InChI=1S/C21H23N3O2/c1-3-7-19-22-20(24(4-2)23-19)14-15-10-12-16(13-11-15)17-8-5-6-9-18(17)21(25)26/h5-6,8-13H,3-4,7,14H2,1-2H3,(H,25,26). The lowest BCUT2D eigenvalue weighted by molar-refractivity contribution is 0.0697. The minimum Gasteiger partial charge on any atom is -0.478 e. The molecule has 0 atom stereocenters. The second kappa shape index (κ2) is 7.95. The molecule has 0 bridgehead atoms. The highest BCUT2D eigenvalue weighted by Gasteiger charge is 2.12. The van der Waals surface area contributed by atoms with Gasteiger partial charge >= 0.3 is 5.97 Å². The summed E-state index contributed by atoms with van der Waals surface area (Å²) >= 11 is 0. The fourth-order valence-electron chi connectivity index (χ4n) is 3.05. The first-order chi connectivity index (χ1) is 12.6. The number of carboxylic acids is 1. The predicted molar refractivity (Wildman–Crippen MR) is 101 cm³/mol. The number of aromatic nitrogens is 3. The minimum atomic E-state index is -0.913. The summed E-state index contributed by atoms with van der Waals surface area (Å²) in [5.74, 6) is 0.954. The molecule has 1 aromatic heterocycles. The van der Waals surface area contributed by atoms with Gasteiger partial charge in [-0.3, -0.25) is 0 Å². The molecule has 0 saturated heterocycles. The Labute approximate surface area is 153 Å². The number of benzene rings is 2. The van der Waals surface area contributed by atoms with Gasteiger partial charge in [0.15, 0.2) is 5.82 Å². The molecule has 0 unspecified atom stereocenters. The van der Waals surface area contributed by atoms with E-state index >= 15 is 0 Å². The van der Waals surface area contributed by atoms with Crippen LogP contribution in [0.2, 0.25) is 0 Å². The molecule has 0 saturated carbocycles. The van der Waals surface area contributed by atoms with Crippen molar-refractivity contribution in [1.29, 1.82) is 0 Å². The van der Waals surface area contributed by atoms with Gasteiger partial charge in [0.2, 0.25) is 0 Å². The highest BCUT2D eigenvalue weighted by molar-refractivity contribution is 5.95. The Bertz CT molecular complexity index is 898. The number of aryl methyl sites for hydroxylation is 2. The third kappa shape index (κ3) is 3.82. The van der Waals surface area contributed by atoms with E-state index in [-0.39, 0.29) is 0 Å². The van der Waals surface area contributed by atoms with Gasteiger partial charge in [0.1, 0.15) is 5.82 Å². The summed E-state index contributed by atoms with van der Waals surface area (Å²) in [5.41, 5.74) is 3.07. The van der Waals surface area contributed by atoms with E-state index in [0.29, 0.717) is 12.0 Å².